The Balaban J connectivity index is 2.34. The Labute approximate surface area is 99.0 Å². The summed E-state index contributed by atoms with van der Waals surface area (Å²) in [6.45, 7) is 1.41. The van der Waals surface area contributed by atoms with E-state index >= 15 is 0 Å². The van der Waals surface area contributed by atoms with Crippen molar-refractivity contribution in [3.63, 3.8) is 0 Å². The maximum absolute atomic E-state index is 10.9. The van der Waals surface area contributed by atoms with Crippen LogP contribution in [0.15, 0.2) is 48.6 Å². The molecule has 4 heteroatoms. The topological polar surface area (TPSA) is 63.4 Å². The zero-order chi connectivity index (χ0) is 12.5. The van der Waals surface area contributed by atoms with Crippen molar-refractivity contribution >= 4 is 5.57 Å². The molecule has 1 N–H and O–H groups in total. The average molecular weight is 231 g/mol. The van der Waals surface area contributed by atoms with Gasteiger partial charge in [-0.1, -0.05) is 36.4 Å². The second-order valence-corrected chi connectivity index (χ2v) is 4.25. The summed E-state index contributed by atoms with van der Waals surface area (Å²) in [5, 5.41) is 20.8. The number of allylic oxidation sites excluding steroid dienone is 2. The lowest BCUT2D eigenvalue weighted by molar-refractivity contribution is -0.560. The Morgan fingerprint density at radius 3 is 2.53 bits per heavy atom. The first-order valence-corrected chi connectivity index (χ1v) is 5.33. The lowest BCUT2D eigenvalue weighted by Crippen LogP contribution is -2.45. The highest BCUT2D eigenvalue weighted by Crippen LogP contribution is 2.28. The molecule has 1 aromatic carbocycles. The molecule has 1 aliphatic rings. The molecule has 0 fully saturated rings. The van der Waals surface area contributed by atoms with Crippen molar-refractivity contribution in [2.75, 3.05) is 0 Å². The highest BCUT2D eigenvalue weighted by Gasteiger charge is 2.43. The van der Waals surface area contributed by atoms with Gasteiger partial charge in [-0.05, 0) is 23.3 Å². The van der Waals surface area contributed by atoms with Crippen molar-refractivity contribution in [3.05, 3.63) is 64.2 Å². The Hall–Kier alpha value is -1.94. The molecule has 2 atom stereocenters. The minimum atomic E-state index is -1.43. The molecule has 0 amide bonds. The Morgan fingerprint density at radius 1 is 1.35 bits per heavy atom. The van der Waals surface area contributed by atoms with E-state index in [1.807, 2.05) is 30.3 Å². The Morgan fingerprint density at radius 2 is 2.00 bits per heavy atom. The van der Waals surface area contributed by atoms with E-state index in [1.165, 1.54) is 19.1 Å². The largest absolute Gasteiger partial charge is 0.381 e. The summed E-state index contributed by atoms with van der Waals surface area (Å²) in [6.07, 6.45) is 3.54. The average Bonchev–Trinajstić information content (AvgIpc) is 2.33. The summed E-state index contributed by atoms with van der Waals surface area (Å²) in [4.78, 5) is 10.4. The van der Waals surface area contributed by atoms with Gasteiger partial charge in [0, 0.05) is 11.8 Å². The molecule has 0 aliphatic heterocycles. The molecule has 0 radical (unpaired) electrons. The highest BCUT2D eigenvalue weighted by atomic mass is 16.6. The van der Waals surface area contributed by atoms with Crippen LogP contribution in [0.25, 0.3) is 5.57 Å². The number of benzene rings is 1. The van der Waals surface area contributed by atoms with Crippen LogP contribution in [0, 0.1) is 10.1 Å². The molecule has 0 saturated carbocycles. The molecule has 1 aromatic rings. The van der Waals surface area contributed by atoms with Crippen molar-refractivity contribution in [2.24, 2.45) is 0 Å². The Kier molecular flexibility index (Phi) is 2.81. The fourth-order valence-corrected chi connectivity index (χ4v) is 1.74. The van der Waals surface area contributed by atoms with Crippen molar-refractivity contribution in [1.29, 1.82) is 0 Å². The van der Waals surface area contributed by atoms with Gasteiger partial charge in [-0.25, -0.2) is 0 Å². The van der Waals surface area contributed by atoms with E-state index < -0.39 is 16.6 Å². The van der Waals surface area contributed by atoms with Crippen LogP contribution in [0.5, 0.6) is 0 Å². The van der Waals surface area contributed by atoms with Crippen LogP contribution in [-0.2, 0) is 0 Å². The molecule has 0 spiro atoms. The van der Waals surface area contributed by atoms with Gasteiger partial charge < -0.3 is 5.11 Å². The van der Waals surface area contributed by atoms with Crippen molar-refractivity contribution < 1.29 is 10.0 Å². The minimum absolute atomic E-state index is 0.466. The maximum Gasteiger partial charge on any atom is 0.266 e. The molecule has 17 heavy (non-hydrogen) atoms. The molecule has 0 bridgehead atoms. The zero-order valence-electron chi connectivity index (χ0n) is 9.41. The molecule has 0 aromatic heterocycles. The summed E-state index contributed by atoms with van der Waals surface area (Å²) in [6, 6.07) is 9.47. The van der Waals surface area contributed by atoms with Crippen LogP contribution in [-0.4, -0.2) is 21.7 Å². The number of nitrogens with zero attached hydrogens (tertiary/aromatic N) is 1. The van der Waals surface area contributed by atoms with Crippen LogP contribution in [0.4, 0.5) is 0 Å². The molecule has 1 aliphatic carbocycles. The molecule has 88 valence electrons. The first-order valence-electron chi connectivity index (χ1n) is 5.33. The van der Waals surface area contributed by atoms with E-state index in [1.54, 1.807) is 6.08 Å². The molecular formula is C13H13NO3. The summed E-state index contributed by atoms with van der Waals surface area (Å²) in [5.74, 6) is 0. The molecule has 2 rings (SSSR count). The number of aliphatic hydroxyl groups excluding tert-OH is 1. The smallest absolute Gasteiger partial charge is 0.266 e. The van der Waals surface area contributed by atoms with Crippen molar-refractivity contribution in [3.8, 4) is 0 Å². The SMILES string of the molecule is CC1([N+](=O)[O-])C=CC(c2ccccc2)=CC1O. The normalized spacial score (nSPS) is 27.6. The molecule has 0 heterocycles. The summed E-state index contributed by atoms with van der Waals surface area (Å²) in [5.41, 5.74) is 0.309. The fraction of sp³-hybridized carbons (Fsp3) is 0.231. The van der Waals surface area contributed by atoms with Crippen molar-refractivity contribution in [1.82, 2.24) is 0 Å². The molecule has 2 unspecified atom stereocenters. The second kappa shape index (κ2) is 4.14. The van der Waals surface area contributed by atoms with Gasteiger partial charge in [0.15, 0.2) is 0 Å². The van der Waals surface area contributed by atoms with E-state index in [2.05, 4.69) is 0 Å². The third-order valence-corrected chi connectivity index (χ3v) is 3.04. The van der Waals surface area contributed by atoms with Crippen LogP contribution < -0.4 is 0 Å². The van der Waals surface area contributed by atoms with Gasteiger partial charge in [0.05, 0.1) is 0 Å². The summed E-state index contributed by atoms with van der Waals surface area (Å²) < 4.78 is 0. The van der Waals surface area contributed by atoms with E-state index in [0.29, 0.717) is 0 Å². The zero-order valence-corrected chi connectivity index (χ0v) is 9.41. The molecule has 0 saturated heterocycles. The van der Waals surface area contributed by atoms with Gasteiger partial charge in [-0.3, -0.25) is 10.1 Å². The number of nitro groups is 1. The fourth-order valence-electron chi connectivity index (χ4n) is 1.74. The first-order chi connectivity index (χ1) is 8.04. The monoisotopic (exact) mass is 231 g/mol. The van der Waals surface area contributed by atoms with Gasteiger partial charge in [-0.2, -0.15) is 0 Å². The van der Waals surface area contributed by atoms with Crippen molar-refractivity contribution in [2.45, 2.75) is 18.6 Å². The van der Waals surface area contributed by atoms with E-state index in [4.69, 9.17) is 0 Å². The van der Waals surface area contributed by atoms with Gasteiger partial charge in [0.2, 0.25) is 0 Å². The van der Waals surface area contributed by atoms with Gasteiger partial charge in [0.1, 0.15) is 6.10 Å². The lowest BCUT2D eigenvalue weighted by atomic mass is 9.86. The van der Waals surface area contributed by atoms with Crippen LogP contribution in [0.1, 0.15) is 12.5 Å². The lowest BCUT2D eigenvalue weighted by Gasteiger charge is -2.24. The maximum atomic E-state index is 10.9. The van der Waals surface area contributed by atoms with E-state index in [9.17, 15) is 15.2 Å². The first kappa shape index (κ1) is 11.5. The van der Waals surface area contributed by atoms with Gasteiger partial charge in [-0.15, -0.1) is 0 Å². The third-order valence-electron chi connectivity index (χ3n) is 3.04. The molecular weight excluding hydrogens is 218 g/mol. The summed E-state index contributed by atoms with van der Waals surface area (Å²) in [7, 11) is 0. The number of rotatable bonds is 2. The van der Waals surface area contributed by atoms with Crippen LogP contribution >= 0.6 is 0 Å². The predicted molar refractivity (Wildman–Crippen MR) is 65.0 cm³/mol. The third kappa shape index (κ3) is 1.99. The van der Waals surface area contributed by atoms with Crippen LogP contribution in [0.3, 0.4) is 0 Å². The second-order valence-electron chi connectivity index (χ2n) is 4.25. The molecule has 4 nitrogen and oxygen atoms in total. The number of hydrogen-bond acceptors (Lipinski definition) is 3. The van der Waals surface area contributed by atoms with Gasteiger partial charge >= 0.3 is 0 Å². The van der Waals surface area contributed by atoms with E-state index in [-0.39, 0.29) is 0 Å². The van der Waals surface area contributed by atoms with Crippen LogP contribution in [0.2, 0.25) is 0 Å². The summed E-state index contributed by atoms with van der Waals surface area (Å²) >= 11 is 0. The predicted octanol–water partition coefficient (Wildman–Crippen LogP) is 2.04. The standard InChI is InChI=1S/C13H13NO3/c1-13(14(16)17)8-7-11(9-12(13)15)10-5-3-2-4-6-10/h2-9,12,15H,1H3. The minimum Gasteiger partial charge on any atom is -0.381 e. The van der Waals surface area contributed by atoms with Gasteiger partial charge in [0.25, 0.3) is 5.54 Å². The number of aliphatic hydroxyl groups is 1. The highest BCUT2D eigenvalue weighted by molar-refractivity contribution is 5.76. The Bertz CT molecular complexity index is 493. The van der Waals surface area contributed by atoms with E-state index in [0.717, 1.165) is 11.1 Å². The number of hydrogen-bond donors (Lipinski definition) is 1. The quantitative estimate of drug-likeness (QED) is 0.625.